The fourth-order valence-electron chi connectivity index (χ4n) is 4.56. The normalized spacial score (nSPS) is 19.0. The first kappa shape index (κ1) is 15.7. The number of aryl methyl sites for hydroxylation is 2. The smallest absolute Gasteiger partial charge is 0.126 e. The van der Waals surface area contributed by atoms with Crippen molar-refractivity contribution in [3.05, 3.63) is 52.1 Å². The third kappa shape index (κ3) is 2.36. The molecule has 1 N–H and O–H groups in total. The van der Waals surface area contributed by atoms with Gasteiger partial charge in [-0.05, 0) is 67.5 Å². The molecule has 0 saturated carbocycles. The molecule has 1 heterocycles. The minimum absolute atomic E-state index is 0.476. The van der Waals surface area contributed by atoms with Gasteiger partial charge in [0.15, 0.2) is 0 Å². The molecule has 126 valence electrons. The zero-order valence-electron chi connectivity index (χ0n) is 15.0. The van der Waals surface area contributed by atoms with Gasteiger partial charge in [0.05, 0.1) is 0 Å². The Bertz CT molecular complexity index is 793. The minimum Gasteiger partial charge on any atom is -0.507 e. The van der Waals surface area contributed by atoms with E-state index >= 15 is 0 Å². The first-order chi connectivity index (χ1) is 11.6. The van der Waals surface area contributed by atoms with E-state index in [0.717, 1.165) is 30.5 Å². The molecule has 2 aromatic carbocycles. The number of hydrogen-bond donors (Lipinski definition) is 1. The average Bonchev–Trinajstić information content (AvgIpc) is 2.57. The molecule has 1 atom stereocenters. The number of fused-ring (bicyclic) bond motifs is 2. The molecule has 0 fully saturated rings. The van der Waals surface area contributed by atoms with Gasteiger partial charge in [0.2, 0.25) is 0 Å². The Kier molecular flexibility index (Phi) is 3.88. The number of phenolic OH excluding ortho intramolecular Hbond substituents is 1. The maximum absolute atomic E-state index is 10.7. The van der Waals surface area contributed by atoms with Crippen LogP contribution in [0.3, 0.4) is 0 Å². The van der Waals surface area contributed by atoms with E-state index in [1.807, 2.05) is 6.92 Å². The molecule has 1 aliphatic heterocycles. The van der Waals surface area contributed by atoms with E-state index in [1.54, 1.807) is 0 Å². The molecule has 0 amide bonds. The molecule has 1 aliphatic carbocycles. The van der Waals surface area contributed by atoms with Gasteiger partial charge in [-0.2, -0.15) is 0 Å². The second-order valence-electron chi connectivity index (χ2n) is 7.51. The molecule has 0 aromatic heterocycles. The maximum atomic E-state index is 10.7. The highest BCUT2D eigenvalue weighted by Gasteiger charge is 2.35. The van der Waals surface area contributed by atoms with Gasteiger partial charge in [-0.1, -0.05) is 43.2 Å². The summed E-state index contributed by atoms with van der Waals surface area (Å²) in [5, 5.41) is 10.7. The summed E-state index contributed by atoms with van der Waals surface area (Å²) >= 11 is 0. The molecule has 2 aliphatic rings. The van der Waals surface area contributed by atoms with Crippen molar-refractivity contribution >= 4 is 0 Å². The molecule has 0 bridgehead atoms. The van der Waals surface area contributed by atoms with Crippen molar-refractivity contribution in [1.82, 2.24) is 4.90 Å². The Balaban J connectivity index is 1.91. The summed E-state index contributed by atoms with van der Waals surface area (Å²) in [6.45, 7) is 8.78. The van der Waals surface area contributed by atoms with Crippen molar-refractivity contribution in [2.24, 2.45) is 0 Å². The molecular formula is C22H27NO. The molecule has 2 nitrogen and oxygen atoms in total. The van der Waals surface area contributed by atoms with Crippen LogP contribution in [0.2, 0.25) is 0 Å². The number of rotatable bonds is 3. The van der Waals surface area contributed by atoms with E-state index in [9.17, 15) is 5.11 Å². The zero-order valence-corrected chi connectivity index (χ0v) is 15.0. The molecule has 0 unspecified atom stereocenters. The number of nitrogens with zero attached hydrogens (tertiary/aromatic N) is 1. The average molecular weight is 321 g/mol. The van der Waals surface area contributed by atoms with Crippen LogP contribution in [0.5, 0.6) is 5.75 Å². The van der Waals surface area contributed by atoms with Crippen molar-refractivity contribution in [2.75, 3.05) is 13.1 Å². The van der Waals surface area contributed by atoms with Crippen molar-refractivity contribution in [3.63, 3.8) is 0 Å². The third-order valence-corrected chi connectivity index (χ3v) is 5.80. The second-order valence-corrected chi connectivity index (χ2v) is 7.51. The Morgan fingerprint density at radius 2 is 2.00 bits per heavy atom. The largest absolute Gasteiger partial charge is 0.507 e. The first-order valence-electron chi connectivity index (χ1n) is 9.29. The van der Waals surface area contributed by atoms with Crippen LogP contribution in [-0.2, 0) is 12.8 Å². The van der Waals surface area contributed by atoms with Gasteiger partial charge in [-0.3, -0.25) is 4.90 Å². The lowest BCUT2D eigenvalue weighted by atomic mass is 9.75. The number of hydrogen-bond acceptors (Lipinski definition) is 2. The minimum atomic E-state index is 0.476. The van der Waals surface area contributed by atoms with Gasteiger partial charge in [0.25, 0.3) is 0 Å². The Morgan fingerprint density at radius 3 is 2.79 bits per heavy atom. The van der Waals surface area contributed by atoms with Crippen LogP contribution < -0.4 is 0 Å². The lowest BCUT2D eigenvalue weighted by Gasteiger charge is -2.42. The zero-order chi connectivity index (χ0) is 16.8. The molecule has 4 rings (SSSR count). The summed E-state index contributed by atoms with van der Waals surface area (Å²) in [6, 6.07) is 9.41. The van der Waals surface area contributed by atoms with Crippen LogP contribution in [0.15, 0.2) is 24.3 Å². The van der Waals surface area contributed by atoms with Crippen molar-refractivity contribution < 1.29 is 5.11 Å². The van der Waals surface area contributed by atoms with Crippen LogP contribution in [0.25, 0.3) is 11.1 Å². The van der Waals surface area contributed by atoms with Gasteiger partial charge < -0.3 is 5.11 Å². The number of benzene rings is 2. The monoisotopic (exact) mass is 321 g/mol. The highest BCUT2D eigenvalue weighted by Crippen LogP contribution is 2.49. The highest BCUT2D eigenvalue weighted by atomic mass is 16.3. The van der Waals surface area contributed by atoms with Gasteiger partial charge in [-0.25, -0.2) is 0 Å². The Hall–Kier alpha value is -1.80. The lowest BCUT2D eigenvalue weighted by molar-refractivity contribution is 0.180. The Labute approximate surface area is 145 Å². The first-order valence-corrected chi connectivity index (χ1v) is 9.29. The Morgan fingerprint density at radius 1 is 1.17 bits per heavy atom. The maximum Gasteiger partial charge on any atom is 0.126 e. The predicted molar refractivity (Wildman–Crippen MR) is 99.6 cm³/mol. The van der Waals surface area contributed by atoms with E-state index in [4.69, 9.17) is 0 Å². The molecular weight excluding hydrogens is 294 g/mol. The highest BCUT2D eigenvalue weighted by molar-refractivity contribution is 5.81. The van der Waals surface area contributed by atoms with E-state index in [1.165, 1.54) is 47.2 Å². The van der Waals surface area contributed by atoms with Crippen LogP contribution in [0.4, 0.5) is 0 Å². The fraction of sp³-hybridized carbons (Fsp3) is 0.455. The van der Waals surface area contributed by atoms with Crippen LogP contribution in [0.1, 0.15) is 53.6 Å². The molecule has 24 heavy (non-hydrogen) atoms. The van der Waals surface area contributed by atoms with Crippen LogP contribution in [-0.4, -0.2) is 23.1 Å². The summed E-state index contributed by atoms with van der Waals surface area (Å²) < 4.78 is 0. The third-order valence-electron chi connectivity index (χ3n) is 5.80. The molecule has 0 saturated heterocycles. The van der Waals surface area contributed by atoms with Crippen molar-refractivity contribution in [3.8, 4) is 16.9 Å². The van der Waals surface area contributed by atoms with Crippen molar-refractivity contribution in [2.45, 2.75) is 52.5 Å². The quantitative estimate of drug-likeness (QED) is 0.866. The molecule has 2 heteroatoms. The predicted octanol–water partition coefficient (Wildman–Crippen LogP) is 4.93. The number of unbranched alkanes of at least 4 members (excludes halogenated alkanes) is 1. The van der Waals surface area contributed by atoms with E-state index in [2.05, 4.69) is 43.0 Å². The summed E-state index contributed by atoms with van der Waals surface area (Å²) in [6.07, 6.45) is 4.66. The van der Waals surface area contributed by atoms with Gasteiger partial charge in [0.1, 0.15) is 5.75 Å². The van der Waals surface area contributed by atoms with E-state index in [-0.39, 0.29) is 0 Å². The second kappa shape index (κ2) is 5.93. The molecule has 0 spiro atoms. The summed E-state index contributed by atoms with van der Waals surface area (Å²) in [5.74, 6) is 0.476. The summed E-state index contributed by atoms with van der Waals surface area (Å²) in [7, 11) is 0. The van der Waals surface area contributed by atoms with Crippen LogP contribution in [0, 0.1) is 13.8 Å². The van der Waals surface area contributed by atoms with Crippen molar-refractivity contribution in [1.29, 1.82) is 0 Å². The lowest BCUT2D eigenvalue weighted by Crippen LogP contribution is -2.39. The molecule has 0 radical (unpaired) electrons. The molecule has 2 aromatic rings. The number of phenols is 1. The van der Waals surface area contributed by atoms with Gasteiger partial charge >= 0.3 is 0 Å². The standard InChI is InChI=1S/C22H27NO/c1-4-5-9-23-10-8-17-11-14(2)12-18-20(17)19(23)13-16-7-6-15(3)22(24)21(16)18/h6-7,11-12,19,24H,4-5,8-10,13H2,1-3H3/t19-/m1/s1. The van der Waals surface area contributed by atoms with Gasteiger partial charge in [0, 0.05) is 18.2 Å². The fourth-order valence-corrected chi connectivity index (χ4v) is 4.56. The summed E-state index contributed by atoms with van der Waals surface area (Å²) in [4.78, 5) is 2.67. The van der Waals surface area contributed by atoms with E-state index < -0.39 is 0 Å². The SMILES string of the molecule is CCCCN1CCc2cc(C)cc3c2[C@H]1Cc1ccc(C)c(O)c1-3. The van der Waals surface area contributed by atoms with Gasteiger partial charge in [-0.15, -0.1) is 0 Å². The van der Waals surface area contributed by atoms with Crippen LogP contribution >= 0.6 is 0 Å². The summed E-state index contributed by atoms with van der Waals surface area (Å²) in [5.41, 5.74) is 8.92. The van der Waals surface area contributed by atoms with E-state index in [0.29, 0.717) is 11.8 Å². The topological polar surface area (TPSA) is 23.5 Å². The number of aromatic hydroxyl groups is 1.